The molecule has 0 bridgehead atoms. The molecule has 116 valence electrons. The number of carbonyl (C=O) groups is 1. The summed E-state index contributed by atoms with van der Waals surface area (Å²) in [7, 11) is 3.61. The molecule has 2 atom stereocenters. The topological polar surface area (TPSA) is 62.5 Å². The number of amides is 1. The van der Waals surface area contributed by atoms with Crippen molar-refractivity contribution in [2.45, 2.75) is 50.5 Å². The Labute approximate surface area is 125 Å². The van der Waals surface area contributed by atoms with E-state index in [0.717, 1.165) is 37.6 Å². The van der Waals surface area contributed by atoms with E-state index in [1.54, 1.807) is 19.0 Å². The van der Waals surface area contributed by atoms with E-state index in [0.29, 0.717) is 5.92 Å². The fourth-order valence-corrected chi connectivity index (χ4v) is 3.01. The molecule has 0 radical (unpaired) electrons. The molecule has 1 amide bonds. The van der Waals surface area contributed by atoms with Crippen LogP contribution in [0.4, 0.5) is 0 Å². The van der Waals surface area contributed by atoms with Crippen molar-refractivity contribution in [3.05, 3.63) is 11.7 Å². The van der Waals surface area contributed by atoms with E-state index in [2.05, 4.69) is 15.0 Å². The summed E-state index contributed by atoms with van der Waals surface area (Å²) >= 11 is 0. The molecule has 2 heterocycles. The standard InChI is InChI=1S/C15H24N4O2/c1-10(15(20)18(2)3)19-8-4-5-12(9-19)13-16-14(21-17-13)11-6-7-11/h10-12H,4-9H2,1-3H3/t10-,12-/m1/s1. The molecule has 0 spiro atoms. The molecule has 2 fully saturated rings. The lowest BCUT2D eigenvalue weighted by atomic mass is 9.96. The predicted octanol–water partition coefficient (Wildman–Crippen LogP) is 1.60. The first-order valence-electron chi connectivity index (χ1n) is 7.85. The minimum absolute atomic E-state index is 0.0856. The van der Waals surface area contributed by atoms with Gasteiger partial charge in [-0.2, -0.15) is 4.98 Å². The fraction of sp³-hybridized carbons (Fsp3) is 0.800. The SMILES string of the molecule is C[C@H](C(=O)N(C)C)N1CCC[C@@H](c2noc(C3CC3)n2)C1. The van der Waals surface area contributed by atoms with E-state index >= 15 is 0 Å². The van der Waals surface area contributed by atoms with Crippen LogP contribution >= 0.6 is 0 Å². The van der Waals surface area contributed by atoms with Gasteiger partial charge in [-0.1, -0.05) is 5.16 Å². The van der Waals surface area contributed by atoms with Gasteiger partial charge < -0.3 is 9.42 Å². The van der Waals surface area contributed by atoms with Crippen LogP contribution in [-0.4, -0.2) is 59.1 Å². The molecule has 1 aliphatic heterocycles. The highest BCUT2D eigenvalue weighted by Crippen LogP contribution is 2.39. The first-order chi connectivity index (χ1) is 10.1. The third kappa shape index (κ3) is 3.10. The number of carbonyl (C=O) groups excluding carboxylic acids is 1. The monoisotopic (exact) mass is 292 g/mol. The first-order valence-corrected chi connectivity index (χ1v) is 7.85. The van der Waals surface area contributed by atoms with Crippen LogP contribution in [0.15, 0.2) is 4.52 Å². The Bertz CT molecular complexity index is 510. The Balaban J connectivity index is 1.65. The summed E-state index contributed by atoms with van der Waals surface area (Å²) in [4.78, 5) is 20.6. The molecule has 6 nitrogen and oxygen atoms in total. The molecule has 1 aromatic heterocycles. The summed E-state index contributed by atoms with van der Waals surface area (Å²) in [6.45, 7) is 3.78. The summed E-state index contributed by atoms with van der Waals surface area (Å²) in [6.07, 6.45) is 4.49. The second-order valence-corrected chi connectivity index (χ2v) is 6.51. The van der Waals surface area contributed by atoms with Crippen LogP contribution in [0.5, 0.6) is 0 Å². The van der Waals surface area contributed by atoms with Crippen molar-refractivity contribution in [1.82, 2.24) is 19.9 Å². The van der Waals surface area contributed by atoms with Crippen LogP contribution < -0.4 is 0 Å². The second kappa shape index (κ2) is 5.75. The summed E-state index contributed by atoms with van der Waals surface area (Å²) < 4.78 is 5.37. The number of nitrogens with zero attached hydrogens (tertiary/aromatic N) is 4. The number of piperidine rings is 1. The first kappa shape index (κ1) is 14.5. The third-order valence-corrected chi connectivity index (χ3v) is 4.55. The van der Waals surface area contributed by atoms with E-state index in [9.17, 15) is 4.79 Å². The van der Waals surface area contributed by atoms with Crippen molar-refractivity contribution < 1.29 is 9.32 Å². The van der Waals surface area contributed by atoms with Crippen molar-refractivity contribution >= 4 is 5.91 Å². The average molecular weight is 292 g/mol. The van der Waals surface area contributed by atoms with Gasteiger partial charge in [0.25, 0.3) is 0 Å². The van der Waals surface area contributed by atoms with Crippen molar-refractivity contribution in [1.29, 1.82) is 0 Å². The third-order valence-electron chi connectivity index (χ3n) is 4.55. The van der Waals surface area contributed by atoms with Gasteiger partial charge in [0, 0.05) is 32.5 Å². The minimum Gasteiger partial charge on any atom is -0.347 e. The molecule has 0 aromatic carbocycles. The second-order valence-electron chi connectivity index (χ2n) is 6.51. The zero-order valence-corrected chi connectivity index (χ0v) is 13.1. The average Bonchev–Trinajstić information content (AvgIpc) is 3.23. The van der Waals surface area contributed by atoms with Gasteiger partial charge in [-0.25, -0.2) is 0 Å². The molecule has 1 saturated carbocycles. The molecule has 1 saturated heterocycles. The Morgan fingerprint density at radius 1 is 1.33 bits per heavy atom. The Kier molecular flexibility index (Phi) is 3.97. The lowest BCUT2D eigenvalue weighted by Gasteiger charge is -2.35. The van der Waals surface area contributed by atoms with Crippen LogP contribution in [0.3, 0.4) is 0 Å². The van der Waals surface area contributed by atoms with Gasteiger partial charge in [0.15, 0.2) is 5.82 Å². The number of hydrogen-bond acceptors (Lipinski definition) is 5. The summed E-state index contributed by atoms with van der Waals surface area (Å²) in [6, 6.07) is -0.0856. The smallest absolute Gasteiger partial charge is 0.239 e. The van der Waals surface area contributed by atoms with Crippen LogP contribution in [0.25, 0.3) is 0 Å². The van der Waals surface area contributed by atoms with Gasteiger partial charge in [-0.05, 0) is 39.2 Å². The Hall–Kier alpha value is -1.43. The summed E-state index contributed by atoms with van der Waals surface area (Å²) in [5, 5.41) is 4.17. The van der Waals surface area contributed by atoms with E-state index in [4.69, 9.17) is 4.52 Å². The van der Waals surface area contributed by atoms with Gasteiger partial charge in [-0.15, -0.1) is 0 Å². The van der Waals surface area contributed by atoms with Crippen molar-refractivity contribution in [3.8, 4) is 0 Å². The number of likely N-dealkylation sites (tertiary alicyclic amines) is 1. The van der Waals surface area contributed by atoms with Crippen LogP contribution in [0.1, 0.15) is 56.2 Å². The van der Waals surface area contributed by atoms with E-state index in [1.807, 2.05) is 6.92 Å². The lowest BCUT2D eigenvalue weighted by molar-refractivity contribution is -0.134. The summed E-state index contributed by atoms with van der Waals surface area (Å²) in [5.41, 5.74) is 0. The van der Waals surface area contributed by atoms with Crippen LogP contribution in [-0.2, 0) is 4.79 Å². The van der Waals surface area contributed by atoms with Crippen LogP contribution in [0.2, 0.25) is 0 Å². The molecular weight excluding hydrogens is 268 g/mol. The maximum Gasteiger partial charge on any atom is 0.239 e. The van der Waals surface area contributed by atoms with Gasteiger partial charge in [0.05, 0.1) is 6.04 Å². The maximum atomic E-state index is 12.1. The van der Waals surface area contributed by atoms with Crippen LogP contribution in [0, 0.1) is 0 Å². The molecular formula is C15H24N4O2. The van der Waals surface area contributed by atoms with E-state index in [-0.39, 0.29) is 17.9 Å². The highest BCUT2D eigenvalue weighted by Gasteiger charge is 2.33. The van der Waals surface area contributed by atoms with Gasteiger partial charge in [0.2, 0.25) is 11.8 Å². The highest BCUT2D eigenvalue weighted by atomic mass is 16.5. The van der Waals surface area contributed by atoms with E-state index in [1.165, 1.54) is 12.8 Å². The molecule has 21 heavy (non-hydrogen) atoms. The zero-order chi connectivity index (χ0) is 15.0. The number of rotatable bonds is 4. The highest BCUT2D eigenvalue weighted by molar-refractivity contribution is 5.80. The lowest BCUT2D eigenvalue weighted by Crippen LogP contribution is -2.48. The molecule has 1 aliphatic carbocycles. The maximum absolute atomic E-state index is 12.1. The molecule has 3 rings (SSSR count). The Morgan fingerprint density at radius 2 is 2.10 bits per heavy atom. The largest absolute Gasteiger partial charge is 0.347 e. The molecule has 2 aliphatic rings. The molecule has 6 heteroatoms. The van der Waals surface area contributed by atoms with Gasteiger partial charge in [-0.3, -0.25) is 9.69 Å². The van der Waals surface area contributed by atoms with Crippen molar-refractivity contribution in [2.75, 3.05) is 27.2 Å². The number of aromatic nitrogens is 2. The predicted molar refractivity (Wildman–Crippen MR) is 78.0 cm³/mol. The van der Waals surface area contributed by atoms with Gasteiger partial charge in [0.1, 0.15) is 0 Å². The van der Waals surface area contributed by atoms with Crippen molar-refractivity contribution in [3.63, 3.8) is 0 Å². The molecule has 0 N–H and O–H groups in total. The minimum atomic E-state index is -0.0856. The number of hydrogen-bond donors (Lipinski definition) is 0. The van der Waals surface area contributed by atoms with Gasteiger partial charge >= 0.3 is 0 Å². The summed E-state index contributed by atoms with van der Waals surface area (Å²) in [5.74, 6) is 2.57. The Morgan fingerprint density at radius 3 is 2.76 bits per heavy atom. The zero-order valence-electron chi connectivity index (χ0n) is 13.1. The molecule has 1 aromatic rings. The van der Waals surface area contributed by atoms with Crippen molar-refractivity contribution in [2.24, 2.45) is 0 Å². The fourth-order valence-electron chi connectivity index (χ4n) is 3.01. The number of likely N-dealkylation sites (N-methyl/N-ethyl adjacent to an activating group) is 1. The quantitative estimate of drug-likeness (QED) is 0.843. The normalized spacial score (nSPS) is 24.8. The van der Waals surface area contributed by atoms with E-state index < -0.39 is 0 Å². The molecule has 0 unspecified atom stereocenters.